The van der Waals surface area contributed by atoms with E-state index in [0.29, 0.717) is 13.1 Å². The number of aromatic hydroxyl groups is 2. The molecule has 4 atom stereocenters. The van der Waals surface area contributed by atoms with E-state index < -0.39 is 0 Å². The van der Waals surface area contributed by atoms with Crippen molar-refractivity contribution >= 4 is 0 Å². The van der Waals surface area contributed by atoms with E-state index in [1.807, 2.05) is 0 Å². The lowest BCUT2D eigenvalue weighted by Gasteiger charge is -2.36. The Bertz CT molecular complexity index is 550. The smallest absolute Gasteiger partial charge is 0.120 e. The van der Waals surface area contributed by atoms with Crippen LogP contribution in [0, 0.1) is 0 Å². The van der Waals surface area contributed by atoms with Gasteiger partial charge in [0.05, 0.1) is 24.4 Å². The van der Waals surface area contributed by atoms with Gasteiger partial charge in [0, 0.05) is 50.4 Å². The van der Waals surface area contributed by atoms with Crippen LogP contribution >= 0.6 is 0 Å². The fraction of sp³-hybridized carbons (Fsp3) is 0.700. The van der Waals surface area contributed by atoms with Crippen LogP contribution in [0.3, 0.4) is 0 Å². The predicted molar refractivity (Wildman–Crippen MR) is 100 cm³/mol. The lowest BCUT2D eigenvalue weighted by atomic mass is 10.1. The fourth-order valence-electron chi connectivity index (χ4n) is 4.23. The summed E-state index contributed by atoms with van der Waals surface area (Å²) in [6.45, 7) is 12.8. The van der Waals surface area contributed by atoms with Crippen molar-refractivity contribution in [3.05, 3.63) is 23.3 Å². The number of ether oxygens (including phenoxy) is 2. The molecule has 0 aromatic heterocycles. The molecule has 2 aliphatic rings. The molecule has 2 aliphatic heterocycles. The summed E-state index contributed by atoms with van der Waals surface area (Å²) in [5.74, 6) is 0.498. The minimum Gasteiger partial charge on any atom is -0.508 e. The molecule has 1 aromatic carbocycles. The van der Waals surface area contributed by atoms with Gasteiger partial charge in [0.1, 0.15) is 11.5 Å². The summed E-state index contributed by atoms with van der Waals surface area (Å²) >= 11 is 0. The first-order valence-corrected chi connectivity index (χ1v) is 9.59. The predicted octanol–water partition coefficient (Wildman–Crippen LogP) is 2.32. The van der Waals surface area contributed by atoms with Gasteiger partial charge in [-0.1, -0.05) is 0 Å². The van der Waals surface area contributed by atoms with Crippen LogP contribution in [0.25, 0.3) is 0 Å². The van der Waals surface area contributed by atoms with Crippen molar-refractivity contribution in [1.82, 2.24) is 9.80 Å². The normalized spacial score (nSPS) is 31.2. The molecule has 4 unspecified atom stereocenters. The Balaban J connectivity index is 1.68. The summed E-state index contributed by atoms with van der Waals surface area (Å²) in [6, 6.07) is 3.42. The highest BCUT2D eigenvalue weighted by Gasteiger charge is 2.25. The molecule has 3 rings (SSSR count). The van der Waals surface area contributed by atoms with Crippen LogP contribution in [0.1, 0.15) is 38.8 Å². The number of rotatable bonds is 4. The topological polar surface area (TPSA) is 65.4 Å². The van der Waals surface area contributed by atoms with Gasteiger partial charge in [-0.3, -0.25) is 9.80 Å². The van der Waals surface area contributed by atoms with E-state index in [9.17, 15) is 10.2 Å². The quantitative estimate of drug-likeness (QED) is 0.800. The molecular weight excluding hydrogens is 332 g/mol. The third-order valence-corrected chi connectivity index (χ3v) is 5.06. The van der Waals surface area contributed by atoms with Gasteiger partial charge in [-0.15, -0.1) is 0 Å². The van der Waals surface area contributed by atoms with Crippen LogP contribution in [0.4, 0.5) is 0 Å². The Hall–Kier alpha value is -1.34. The summed E-state index contributed by atoms with van der Waals surface area (Å²) in [6.07, 6.45) is 0.719. The van der Waals surface area contributed by atoms with Gasteiger partial charge >= 0.3 is 0 Å². The van der Waals surface area contributed by atoms with Crippen molar-refractivity contribution in [2.75, 3.05) is 26.2 Å². The molecule has 0 bridgehead atoms. The number of benzene rings is 1. The van der Waals surface area contributed by atoms with Crippen molar-refractivity contribution in [3.63, 3.8) is 0 Å². The number of phenolic OH excluding ortho intramolecular Hbond substituents is 2. The number of hydrogen-bond acceptors (Lipinski definition) is 6. The highest BCUT2D eigenvalue weighted by atomic mass is 16.5. The van der Waals surface area contributed by atoms with E-state index in [0.717, 1.165) is 37.3 Å². The average molecular weight is 364 g/mol. The highest BCUT2D eigenvalue weighted by Crippen LogP contribution is 2.30. The molecule has 2 fully saturated rings. The van der Waals surface area contributed by atoms with Gasteiger partial charge in [-0.05, 0) is 39.8 Å². The Morgan fingerprint density at radius 1 is 0.731 bits per heavy atom. The zero-order valence-electron chi connectivity index (χ0n) is 16.3. The molecule has 0 amide bonds. The zero-order valence-corrected chi connectivity index (χ0v) is 16.3. The Morgan fingerprint density at radius 2 is 1.04 bits per heavy atom. The largest absolute Gasteiger partial charge is 0.508 e. The average Bonchev–Trinajstić information content (AvgIpc) is 2.50. The summed E-state index contributed by atoms with van der Waals surface area (Å²) in [5.41, 5.74) is 1.52. The highest BCUT2D eigenvalue weighted by molar-refractivity contribution is 5.45. The zero-order chi connectivity index (χ0) is 18.8. The minimum absolute atomic E-state index is 0.180. The van der Waals surface area contributed by atoms with E-state index in [-0.39, 0.29) is 35.9 Å². The molecule has 0 spiro atoms. The second-order valence-electron chi connectivity index (χ2n) is 8.01. The molecule has 2 N–H and O–H groups in total. The van der Waals surface area contributed by atoms with Crippen LogP contribution in [-0.2, 0) is 22.6 Å². The van der Waals surface area contributed by atoms with E-state index in [2.05, 4.69) is 37.5 Å². The molecule has 2 heterocycles. The number of hydrogen-bond donors (Lipinski definition) is 2. The van der Waals surface area contributed by atoms with E-state index >= 15 is 0 Å². The first-order chi connectivity index (χ1) is 12.3. The molecule has 26 heavy (non-hydrogen) atoms. The minimum atomic E-state index is 0.180. The maximum Gasteiger partial charge on any atom is 0.120 e. The fourth-order valence-corrected chi connectivity index (χ4v) is 4.23. The van der Waals surface area contributed by atoms with Gasteiger partial charge in [0.2, 0.25) is 0 Å². The van der Waals surface area contributed by atoms with Crippen molar-refractivity contribution in [2.45, 2.75) is 65.2 Å². The molecule has 0 radical (unpaired) electrons. The maximum atomic E-state index is 10.5. The summed E-state index contributed by atoms with van der Waals surface area (Å²) in [7, 11) is 0. The van der Waals surface area contributed by atoms with Crippen LogP contribution in [0.2, 0.25) is 0 Å². The lowest BCUT2D eigenvalue weighted by Crippen LogP contribution is -2.45. The SMILES string of the molecule is CC1CN(Cc2cc(O)c(CN3CC(C)OC(C)C3)cc2O)CC(C)O1. The third kappa shape index (κ3) is 4.88. The molecule has 0 aliphatic carbocycles. The lowest BCUT2D eigenvalue weighted by molar-refractivity contribution is -0.0711. The number of morpholine rings is 2. The van der Waals surface area contributed by atoms with Gasteiger partial charge < -0.3 is 19.7 Å². The van der Waals surface area contributed by atoms with E-state index in [1.54, 1.807) is 12.1 Å². The Morgan fingerprint density at radius 3 is 1.35 bits per heavy atom. The first-order valence-electron chi connectivity index (χ1n) is 9.59. The second-order valence-corrected chi connectivity index (χ2v) is 8.01. The molecule has 146 valence electrons. The van der Waals surface area contributed by atoms with Crippen LogP contribution < -0.4 is 0 Å². The van der Waals surface area contributed by atoms with Crippen LogP contribution in [0.5, 0.6) is 11.5 Å². The van der Waals surface area contributed by atoms with Crippen LogP contribution in [0.15, 0.2) is 12.1 Å². The van der Waals surface area contributed by atoms with Crippen molar-refractivity contribution < 1.29 is 19.7 Å². The monoisotopic (exact) mass is 364 g/mol. The number of nitrogens with zero attached hydrogens (tertiary/aromatic N) is 2. The molecule has 2 saturated heterocycles. The summed E-state index contributed by atoms with van der Waals surface area (Å²) < 4.78 is 11.5. The van der Waals surface area contributed by atoms with Crippen LogP contribution in [-0.4, -0.2) is 70.6 Å². The first kappa shape index (κ1) is 19.4. The standard InChI is InChI=1S/C20H32N2O4/c1-13-7-21(8-14(2)25-13)11-17-5-20(24)18(6-19(17)23)12-22-9-15(3)26-16(4)10-22/h5-6,13-16,23-24H,7-12H2,1-4H3. The Kier molecular flexibility index (Phi) is 6.07. The van der Waals surface area contributed by atoms with E-state index in [1.165, 1.54) is 0 Å². The summed E-state index contributed by atoms with van der Waals surface area (Å²) in [4.78, 5) is 4.52. The number of phenols is 2. The van der Waals surface area contributed by atoms with Crippen molar-refractivity contribution in [3.8, 4) is 11.5 Å². The van der Waals surface area contributed by atoms with Crippen molar-refractivity contribution in [2.24, 2.45) is 0 Å². The maximum absolute atomic E-state index is 10.5. The van der Waals surface area contributed by atoms with Gasteiger partial charge in [0.15, 0.2) is 0 Å². The Labute approximate surface area is 156 Å². The van der Waals surface area contributed by atoms with Crippen molar-refractivity contribution in [1.29, 1.82) is 0 Å². The second kappa shape index (κ2) is 8.13. The van der Waals surface area contributed by atoms with Gasteiger partial charge in [-0.2, -0.15) is 0 Å². The molecule has 0 saturated carbocycles. The molecule has 6 nitrogen and oxygen atoms in total. The third-order valence-electron chi connectivity index (χ3n) is 5.06. The van der Waals surface area contributed by atoms with Gasteiger partial charge in [0.25, 0.3) is 0 Å². The molecule has 6 heteroatoms. The van der Waals surface area contributed by atoms with Gasteiger partial charge in [-0.25, -0.2) is 0 Å². The van der Waals surface area contributed by atoms with E-state index in [4.69, 9.17) is 9.47 Å². The molecular formula is C20H32N2O4. The summed E-state index contributed by atoms with van der Waals surface area (Å²) in [5, 5.41) is 21.0. The molecule has 1 aromatic rings.